The van der Waals surface area contributed by atoms with E-state index in [1.54, 1.807) is 0 Å². The molecule has 1 aliphatic rings. The van der Waals surface area contributed by atoms with Gasteiger partial charge in [0.15, 0.2) is 0 Å². The third-order valence-electron chi connectivity index (χ3n) is 5.22. The van der Waals surface area contributed by atoms with Crippen LogP contribution in [-0.4, -0.2) is 64.1 Å². The Morgan fingerprint density at radius 3 is 2.44 bits per heavy atom. The largest absolute Gasteiger partial charge is 0.433 e. The second-order valence-electron chi connectivity index (χ2n) is 7.00. The quantitative estimate of drug-likeness (QED) is 0.275. The van der Waals surface area contributed by atoms with Crippen LogP contribution in [0.3, 0.4) is 0 Å². The van der Waals surface area contributed by atoms with E-state index in [1.165, 1.54) is 0 Å². The molecule has 8 nitrogen and oxygen atoms in total. The lowest BCUT2D eigenvalue weighted by Gasteiger charge is -2.41. The summed E-state index contributed by atoms with van der Waals surface area (Å²) in [6.45, 7) is 5.37. The van der Waals surface area contributed by atoms with Gasteiger partial charge in [0.2, 0.25) is 6.29 Å². The summed E-state index contributed by atoms with van der Waals surface area (Å²) in [5.74, 6) is -0.750. The number of carbonyl (C=O) groups is 1. The van der Waals surface area contributed by atoms with Gasteiger partial charge in [0.25, 0.3) is 0 Å². The van der Waals surface area contributed by atoms with Gasteiger partial charge in [0.1, 0.15) is 23.9 Å². The molecule has 1 rings (SSSR count). The van der Waals surface area contributed by atoms with Gasteiger partial charge in [-0.25, -0.2) is 4.79 Å². The van der Waals surface area contributed by atoms with Crippen molar-refractivity contribution in [2.24, 2.45) is 17.4 Å². The van der Waals surface area contributed by atoms with Gasteiger partial charge >= 0.3 is 5.97 Å². The highest BCUT2D eigenvalue weighted by molar-refractivity contribution is 5.81. The van der Waals surface area contributed by atoms with E-state index in [1.807, 2.05) is 13.8 Å². The van der Waals surface area contributed by atoms with E-state index >= 15 is 0 Å². The summed E-state index contributed by atoms with van der Waals surface area (Å²) >= 11 is 0. The molecule has 0 aliphatic carbocycles. The first-order chi connectivity index (χ1) is 11.7. The molecule has 0 spiro atoms. The molecular formula is C17H34N2O6. The minimum atomic E-state index is -1.38. The normalized spacial score (nSPS) is 33.5. The highest BCUT2D eigenvalue weighted by Gasteiger charge is 2.47. The van der Waals surface area contributed by atoms with Crippen LogP contribution in [0.4, 0.5) is 0 Å². The van der Waals surface area contributed by atoms with Gasteiger partial charge in [-0.1, -0.05) is 46.5 Å². The van der Waals surface area contributed by atoms with E-state index in [-0.39, 0.29) is 5.92 Å². The molecule has 1 fully saturated rings. The van der Waals surface area contributed by atoms with E-state index < -0.39 is 48.8 Å². The SMILES string of the molecule is CCCCCC(N)(C(=O)OC1O[C@H](CO)[C@@H](O)[C@H](O)[C@H]1N)C(C)CC. The highest BCUT2D eigenvalue weighted by atomic mass is 16.7. The minimum Gasteiger partial charge on any atom is -0.433 e. The van der Waals surface area contributed by atoms with Crippen LogP contribution in [0.2, 0.25) is 0 Å². The first-order valence-electron chi connectivity index (χ1n) is 9.10. The van der Waals surface area contributed by atoms with Gasteiger partial charge in [-0.15, -0.1) is 0 Å². The molecule has 1 saturated heterocycles. The molecule has 0 radical (unpaired) electrons. The van der Waals surface area contributed by atoms with E-state index in [4.69, 9.17) is 20.9 Å². The zero-order chi connectivity index (χ0) is 19.2. The lowest BCUT2D eigenvalue weighted by atomic mass is 9.80. The van der Waals surface area contributed by atoms with Crippen molar-refractivity contribution in [2.45, 2.75) is 89.1 Å². The van der Waals surface area contributed by atoms with Crippen molar-refractivity contribution in [3.8, 4) is 0 Å². The summed E-state index contributed by atoms with van der Waals surface area (Å²) < 4.78 is 10.7. The van der Waals surface area contributed by atoms with Gasteiger partial charge in [0, 0.05) is 0 Å². The van der Waals surface area contributed by atoms with Crippen LogP contribution in [-0.2, 0) is 14.3 Å². The van der Waals surface area contributed by atoms with Gasteiger partial charge in [-0.2, -0.15) is 0 Å². The molecule has 1 heterocycles. The fraction of sp³-hybridized carbons (Fsp3) is 0.941. The number of aliphatic hydroxyl groups is 3. The molecule has 148 valence electrons. The maximum Gasteiger partial charge on any atom is 0.328 e. The lowest BCUT2D eigenvalue weighted by Crippen LogP contribution is -2.64. The van der Waals surface area contributed by atoms with Crippen molar-refractivity contribution < 1.29 is 29.6 Å². The average Bonchev–Trinajstić information content (AvgIpc) is 2.61. The maximum absolute atomic E-state index is 12.8. The molecule has 0 aromatic heterocycles. The molecule has 7 atom stereocenters. The van der Waals surface area contributed by atoms with Crippen molar-refractivity contribution in [1.82, 2.24) is 0 Å². The number of nitrogens with two attached hydrogens (primary N) is 2. The fourth-order valence-electron chi connectivity index (χ4n) is 3.01. The molecular weight excluding hydrogens is 328 g/mol. The smallest absolute Gasteiger partial charge is 0.328 e. The molecule has 0 aromatic carbocycles. The van der Waals surface area contributed by atoms with Crippen molar-refractivity contribution in [2.75, 3.05) is 6.61 Å². The van der Waals surface area contributed by atoms with Crippen LogP contribution in [0.25, 0.3) is 0 Å². The molecule has 0 saturated carbocycles. The second-order valence-corrected chi connectivity index (χ2v) is 7.00. The Morgan fingerprint density at radius 1 is 1.28 bits per heavy atom. The Bertz CT molecular complexity index is 422. The van der Waals surface area contributed by atoms with Crippen LogP contribution in [0.15, 0.2) is 0 Å². The van der Waals surface area contributed by atoms with E-state index in [0.29, 0.717) is 12.8 Å². The Morgan fingerprint density at radius 2 is 1.92 bits per heavy atom. The molecule has 8 heteroatoms. The molecule has 0 aromatic rings. The molecule has 1 aliphatic heterocycles. The number of carbonyl (C=O) groups excluding carboxylic acids is 1. The molecule has 0 amide bonds. The third-order valence-corrected chi connectivity index (χ3v) is 5.22. The van der Waals surface area contributed by atoms with Crippen LogP contribution < -0.4 is 11.5 Å². The first kappa shape index (κ1) is 22.3. The highest BCUT2D eigenvalue weighted by Crippen LogP contribution is 2.28. The van der Waals surface area contributed by atoms with Crippen molar-refractivity contribution in [1.29, 1.82) is 0 Å². The summed E-state index contributed by atoms with van der Waals surface area (Å²) in [6, 6.07) is -1.13. The number of aliphatic hydroxyl groups excluding tert-OH is 3. The topological polar surface area (TPSA) is 148 Å². The third kappa shape index (κ3) is 5.12. The molecule has 0 bridgehead atoms. The maximum atomic E-state index is 12.8. The van der Waals surface area contributed by atoms with Gasteiger partial charge in [0.05, 0.1) is 12.6 Å². The van der Waals surface area contributed by atoms with Gasteiger partial charge in [-0.05, 0) is 12.3 Å². The number of rotatable bonds is 9. The predicted molar refractivity (Wildman–Crippen MR) is 92.3 cm³/mol. The summed E-state index contributed by atoms with van der Waals surface area (Å²) in [6.07, 6.45) is -1.14. The number of esters is 1. The van der Waals surface area contributed by atoms with Gasteiger partial charge < -0.3 is 36.3 Å². The van der Waals surface area contributed by atoms with Crippen molar-refractivity contribution in [3.05, 3.63) is 0 Å². The number of unbranched alkanes of at least 4 members (excludes halogenated alkanes) is 2. The fourth-order valence-corrected chi connectivity index (χ4v) is 3.01. The molecule has 7 N–H and O–H groups in total. The summed E-state index contributed by atoms with van der Waals surface area (Å²) in [5.41, 5.74) is 11.0. The Hall–Kier alpha value is -0.770. The zero-order valence-corrected chi connectivity index (χ0v) is 15.4. The van der Waals surface area contributed by atoms with E-state index in [0.717, 1.165) is 19.3 Å². The molecule has 3 unspecified atom stereocenters. The standard InChI is InChI=1S/C17H34N2O6/c1-4-6-7-8-17(19,10(3)5-2)16(23)25-15-12(18)14(22)13(21)11(9-20)24-15/h10-15,20-22H,4-9,18-19H2,1-3H3/t10?,11-,12-,13-,14-,15?,17?/m1/s1. The van der Waals surface area contributed by atoms with Crippen LogP contribution >= 0.6 is 0 Å². The Balaban J connectivity index is 2.87. The Kier molecular flexibility index (Phi) is 8.73. The number of ether oxygens (including phenoxy) is 2. The van der Waals surface area contributed by atoms with Crippen LogP contribution in [0, 0.1) is 5.92 Å². The molecule has 25 heavy (non-hydrogen) atoms. The van der Waals surface area contributed by atoms with Crippen LogP contribution in [0.1, 0.15) is 52.9 Å². The predicted octanol–water partition coefficient (Wildman–Crippen LogP) is -0.380. The summed E-state index contributed by atoms with van der Waals surface area (Å²) in [4.78, 5) is 12.8. The first-order valence-corrected chi connectivity index (χ1v) is 9.10. The zero-order valence-electron chi connectivity index (χ0n) is 15.4. The summed E-state index contributed by atoms with van der Waals surface area (Å²) in [5, 5.41) is 29.0. The monoisotopic (exact) mass is 362 g/mol. The minimum absolute atomic E-state index is 0.110. The average molecular weight is 362 g/mol. The lowest BCUT2D eigenvalue weighted by molar-refractivity contribution is -0.262. The van der Waals surface area contributed by atoms with Crippen molar-refractivity contribution >= 4 is 5.97 Å². The Labute approximate surface area is 149 Å². The van der Waals surface area contributed by atoms with E-state index in [9.17, 15) is 20.1 Å². The second kappa shape index (κ2) is 9.80. The summed E-state index contributed by atoms with van der Waals surface area (Å²) in [7, 11) is 0. The number of hydrogen-bond acceptors (Lipinski definition) is 8. The van der Waals surface area contributed by atoms with E-state index in [2.05, 4.69) is 6.92 Å². The van der Waals surface area contributed by atoms with Crippen LogP contribution in [0.5, 0.6) is 0 Å². The van der Waals surface area contributed by atoms with Crippen molar-refractivity contribution in [3.63, 3.8) is 0 Å². The van der Waals surface area contributed by atoms with Gasteiger partial charge in [-0.3, -0.25) is 0 Å². The number of hydrogen-bond donors (Lipinski definition) is 5.